The summed E-state index contributed by atoms with van der Waals surface area (Å²) in [5, 5.41) is 0. The number of rotatable bonds is 6. The van der Waals surface area contributed by atoms with E-state index in [0.717, 1.165) is 12.8 Å². The van der Waals surface area contributed by atoms with Crippen LogP contribution in [0.4, 0.5) is 45.5 Å². The van der Waals surface area contributed by atoms with Crippen LogP contribution in [-0.4, -0.2) is 12.3 Å². The highest BCUT2D eigenvalue weighted by Gasteiger charge is 2.58. The minimum absolute atomic E-state index is 0.0119. The zero-order chi connectivity index (χ0) is 58.2. The van der Waals surface area contributed by atoms with Crippen molar-refractivity contribution >= 4 is 68.6 Å². The van der Waals surface area contributed by atoms with Gasteiger partial charge in [0.1, 0.15) is 0 Å². The molecule has 4 heteroatoms. The molecule has 0 aromatic heterocycles. The summed E-state index contributed by atoms with van der Waals surface area (Å²) in [5.74, 6) is 0. The first-order chi connectivity index (χ1) is 39.4. The third-order valence-electron chi connectivity index (χ3n) is 19.9. The molecule has 9 aromatic rings. The summed E-state index contributed by atoms with van der Waals surface area (Å²) in [7, 11) is 0. The number of hydrogen-bond donors (Lipinski definition) is 0. The van der Waals surface area contributed by atoms with E-state index in [1.807, 2.05) is 0 Å². The summed E-state index contributed by atoms with van der Waals surface area (Å²) in [4.78, 5) is 8.26. The van der Waals surface area contributed by atoms with Crippen LogP contribution in [0.5, 0.6) is 0 Å². The summed E-state index contributed by atoms with van der Waals surface area (Å²) < 4.78 is 0. The van der Waals surface area contributed by atoms with Crippen LogP contribution >= 0.6 is 0 Å². The molecule has 4 aliphatic rings. The molecule has 3 aliphatic heterocycles. The summed E-state index contributed by atoms with van der Waals surface area (Å²) in [6.45, 7) is 33.5. The molecule has 13 rings (SSSR count). The van der Waals surface area contributed by atoms with E-state index in [4.69, 9.17) is 0 Å². The van der Waals surface area contributed by atoms with Gasteiger partial charge in [0, 0.05) is 50.7 Å². The zero-order valence-corrected chi connectivity index (χ0v) is 51.9. The number of anilines is 8. The fourth-order valence-corrected chi connectivity index (χ4v) is 14.8. The fraction of sp³-hybridized carbons (Fsp3) is 0.316. The molecule has 0 spiro atoms. The lowest BCUT2D eigenvalue weighted by atomic mass is 9.33. The Balaban J connectivity index is 1.21. The Bertz CT molecular complexity index is 3960. The van der Waals surface area contributed by atoms with Gasteiger partial charge in [-0.15, -0.1) is 0 Å². The Morgan fingerprint density at radius 3 is 1.25 bits per heavy atom. The monoisotopic (exact) mass is 1090 g/mol. The van der Waals surface area contributed by atoms with Crippen molar-refractivity contribution in [2.24, 2.45) is 0 Å². The predicted molar refractivity (Wildman–Crippen MR) is 359 cm³/mol. The highest BCUT2D eigenvalue weighted by molar-refractivity contribution is 7.00. The van der Waals surface area contributed by atoms with Gasteiger partial charge in [-0.2, -0.15) is 0 Å². The van der Waals surface area contributed by atoms with Crippen molar-refractivity contribution in [3.8, 4) is 33.4 Å². The van der Waals surface area contributed by atoms with Crippen molar-refractivity contribution in [1.82, 2.24) is 0 Å². The zero-order valence-electron chi connectivity index (χ0n) is 51.9. The molecule has 2 unspecified atom stereocenters. The molecule has 1 saturated carbocycles. The van der Waals surface area contributed by atoms with Gasteiger partial charge in [-0.05, 0) is 162 Å². The van der Waals surface area contributed by atoms with Gasteiger partial charge in [-0.3, -0.25) is 0 Å². The largest absolute Gasteiger partial charge is 0.334 e. The van der Waals surface area contributed by atoms with Crippen LogP contribution < -0.4 is 31.1 Å². The highest BCUT2D eigenvalue weighted by atomic mass is 15.3. The second kappa shape index (κ2) is 19.5. The van der Waals surface area contributed by atoms with E-state index in [1.165, 1.54) is 142 Å². The first-order valence-corrected chi connectivity index (χ1v) is 30.9. The molecule has 0 saturated heterocycles. The molecular formula is C79H84BN3. The highest BCUT2D eigenvalue weighted by Crippen LogP contribution is 2.62. The van der Waals surface area contributed by atoms with Gasteiger partial charge in [-0.1, -0.05) is 249 Å². The molecule has 0 radical (unpaired) electrons. The molecule has 1 fully saturated rings. The Morgan fingerprint density at radius 1 is 0.349 bits per heavy atom. The van der Waals surface area contributed by atoms with Crippen LogP contribution in [0.25, 0.3) is 33.4 Å². The smallest absolute Gasteiger partial charge is 0.252 e. The fourth-order valence-electron chi connectivity index (χ4n) is 14.8. The van der Waals surface area contributed by atoms with Crippen molar-refractivity contribution in [1.29, 1.82) is 0 Å². The topological polar surface area (TPSA) is 9.72 Å². The Labute approximate surface area is 497 Å². The van der Waals surface area contributed by atoms with E-state index in [9.17, 15) is 0 Å². The van der Waals surface area contributed by atoms with Crippen LogP contribution in [0, 0.1) is 0 Å². The van der Waals surface area contributed by atoms with Gasteiger partial charge < -0.3 is 14.7 Å². The average Bonchev–Trinajstić information content (AvgIpc) is 2.96. The number of nitrogens with zero attached hydrogens (tertiary/aromatic N) is 3. The van der Waals surface area contributed by atoms with Crippen LogP contribution in [0.2, 0.25) is 0 Å². The van der Waals surface area contributed by atoms with Gasteiger partial charge in [0.05, 0.1) is 16.9 Å². The van der Waals surface area contributed by atoms with Crippen LogP contribution in [0.15, 0.2) is 194 Å². The second-order valence-corrected chi connectivity index (χ2v) is 29.3. The van der Waals surface area contributed by atoms with Crippen molar-refractivity contribution in [3.05, 3.63) is 222 Å². The van der Waals surface area contributed by atoms with Gasteiger partial charge in [0.25, 0.3) is 6.71 Å². The predicted octanol–water partition coefficient (Wildman–Crippen LogP) is 20.1. The SMILES string of the molecule is CC(C)(C)c1ccc2c(c1)B1c3cc(-c4ccccc4)ccc3N(c3ccc(C(C)(C)C)cc3-c3ccccc3)c3cc(N4c5ccc(C(C)(C)C)cc5C5(C)CCCCCC45C)cc(c31)N2c1ccc(C(C)(C)C)cc1-c1ccccc1. The minimum Gasteiger partial charge on any atom is -0.334 e. The van der Waals surface area contributed by atoms with E-state index in [0.29, 0.717) is 0 Å². The Hall–Kier alpha value is -7.56. The second-order valence-electron chi connectivity index (χ2n) is 29.3. The minimum atomic E-state index is -0.211. The quantitative estimate of drug-likeness (QED) is 0.154. The molecule has 3 nitrogen and oxygen atoms in total. The van der Waals surface area contributed by atoms with Crippen LogP contribution in [0.1, 0.15) is 157 Å². The van der Waals surface area contributed by atoms with Crippen molar-refractivity contribution in [3.63, 3.8) is 0 Å². The Kier molecular flexibility index (Phi) is 12.9. The lowest BCUT2D eigenvalue weighted by molar-refractivity contribution is 0.261. The van der Waals surface area contributed by atoms with E-state index in [2.05, 4.69) is 306 Å². The van der Waals surface area contributed by atoms with Gasteiger partial charge in [0.15, 0.2) is 0 Å². The lowest BCUT2D eigenvalue weighted by Crippen LogP contribution is -2.61. The maximum Gasteiger partial charge on any atom is 0.252 e. The first-order valence-electron chi connectivity index (χ1n) is 30.9. The van der Waals surface area contributed by atoms with Crippen LogP contribution in [0.3, 0.4) is 0 Å². The molecule has 0 N–H and O–H groups in total. The molecule has 9 aromatic carbocycles. The van der Waals surface area contributed by atoms with E-state index < -0.39 is 0 Å². The van der Waals surface area contributed by atoms with Crippen molar-refractivity contribution < 1.29 is 0 Å². The standard InChI is InChI=1S/C79H84BN3/c1-74(2,3)56-34-39-66(61(46-56)53-29-21-16-22-30-53)81-69-38-33-55(52-27-19-15-20-28-52)45-64(69)80-65-49-59(77(10,11)12)37-42-70(65)82(67-40-35-57(75(4,5)6)47-62(67)54-31-23-17-24-32-54)72-51-60(50-71(81)73(72)80)83-68-41-36-58(76(7,8)9)48-63(68)78(13)43-25-18-26-44-79(78,83)14/h15-17,19-24,27-42,45-51H,18,25-26,43-44H2,1-14H3. The van der Waals surface area contributed by atoms with Crippen LogP contribution in [-0.2, 0) is 27.1 Å². The first kappa shape index (κ1) is 54.7. The van der Waals surface area contributed by atoms with E-state index in [1.54, 1.807) is 0 Å². The van der Waals surface area contributed by atoms with E-state index in [-0.39, 0.29) is 39.3 Å². The van der Waals surface area contributed by atoms with Gasteiger partial charge in [0.2, 0.25) is 0 Å². The number of hydrogen-bond acceptors (Lipinski definition) is 3. The normalized spacial score (nSPS) is 18.5. The molecule has 1 aliphatic carbocycles. The molecule has 3 heterocycles. The van der Waals surface area contributed by atoms with Gasteiger partial charge >= 0.3 is 0 Å². The summed E-state index contributed by atoms with van der Waals surface area (Å²) in [6, 6.07) is 75.8. The lowest BCUT2D eigenvalue weighted by Gasteiger charge is -2.49. The molecule has 0 bridgehead atoms. The summed E-state index contributed by atoms with van der Waals surface area (Å²) in [5.41, 5.74) is 27.5. The average molecular weight is 1090 g/mol. The number of fused-ring (bicyclic) bond motifs is 7. The van der Waals surface area contributed by atoms with Gasteiger partial charge in [-0.25, -0.2) is 0 Å². The molecule has 2 atom stereocenters. The van der Waals surface area contributed by atoms with E-state index >= 15 is 0 Å². The van der Waals surface area contributed by atoms with Crippen molar-refractivity contribution in [2.45, 2.75) is 162 Å². The summed E-state index contributed by atoms with van der Waals surface area (Å²) in [6.07, 6.45) is 5.93. The molecule has 0 amide bonds. The third kappa shape index (κ3) is 8.99. The maximum atomic E-state index is 2.86. The maximum absolute atomic E-state index is 2.86. The third-order valence-corrected chi connectivity index (χ3v) is 19.9. The van der Waals surface area contributed by atoms with Crippen molar-refractivity contribution in [2.75, 3.05) is 14.7 Å². The molecule has 418 valence electrons. The Morgan fingerprint density at radius 2 is 0.759 bits per heavy atom. The summed E-state index contributed by atoms with van der Waals surface area (Å²) >= 11 is 0. The number of benzene rings is 9. The molecular weight excluding hydrogens is 1000 g/mol. The molecule has 83 heavy (non-hydrogen) atoms.